The van der Waals surface area contributed by atoms with Crippen LogP contribution < -0.4 is 20.3 Å². The predicted molar refractivity (Wildman–Crippen MR) is 149 cm³/mol. The summed E-state index contributed by atoms with van der Waals surface area (Å²) in [5.41, 5.74) is 7.51. The summed E-state index contributed by atoms with van der Waals surface area (Å²) in [7, 11) is 0. The number of hydrogen-bond acceptors (Lipinski definition) is 11. The SMILES string of the molecule is N#Cc1c(N)sc2c1C1(CC2)CN(c2nc(OC[C@@]34CCCN3C[C@H](F)C4)nc(N3CCCCC(C#N)C3)n2)C1. The van der Waals surface area contributed by atoms with E-state index in [0.29, 0.717) is 61.7 Å². The number of anilines is 3. The molecule has 1 spiro atoms. The highest BCUT2D eigenvalue weighted by molar-refractivity contribution is 7.16. The largest absolute Gasteiger partial charge is 0.461 e. The van der Waals surface area contributed by atoms with Gasteiger partial charge in [-0.15, -0.1) is 11.3 Å². The van der Waals surface area contributed by atoms with E-state index >= 15 is 0 Å². The zero-order chi connectivity index (χ0) is 27.5. The molecule has 10 nitrogen and oxygen atoms in total. The highest BCUT2D eigenvalue weighted by Gasteiger charge is 2.52. The summed E-state index contributed by atoms with van der Waals surface area (Å²) in [5.74, 6) is 1.01. The van der Waals surface area contributed by atoms with Gasteiger partial charge in [0.15, 0.2) is 0 Å². The van der Waals surface area contributed by atoms with Gasteiger partial charge in [0.1, 0.15) is 23.8 Å². The van der Waals surface area contributed by atoms with E-state index in [1.165, 1.54) is 4.88 Å². The van der Waals surface area contributed by atoms with E-state index in [-0.39, 0.29) is 22.9 Å². The van der Waals surface area contributed by atoms with Gasteiger partial charge < -0.3 is 20.3 Å². The predicted octanol–water partition coefficient (Wildman–Crippen LogP) is 3.18. The number of aryl methyl sites for hydroxylation is 1. The summed E-state index contributed by atoms with van der Waals surface area (Å²) in [6.45, 7) is 4.48. The Balaban J connectivity index is 1.17. The van der Waals surface area contributed by atoms with Crippen molar-refractivity contribution in [2.24, 2.45) is 5.92 Å². The van der Waals surface area contributed by atoms with Gasteiger partial charge in [-0.1, -0.05) is 6.42 Å². The number of ether oxygens (including phenoxy) is 1. The maximum Gasteiger partial charge on any atom is 0.323 e. The van der Waals surface area contributed by atoms with E-state index < -0.39 is 6.17 Å². The number of aromatic nitrogens is 3. The monoisotopic (exact) mass is 563 g/mol. The minimum atomic E-state index is -0.827. The Labute approximate surface area is 237 Å². The number of fused-ring (bicyclic) bond motifs is 3. The van der Waals surface area contributed by atoms with E-state index in [1.54, 1.807) is 11.3 Å². The van der Waals surface area contributed by atoms with Crippen LogP contribution in [0, 0.1) is 28.6 Å². The van der Waals surface area contributed by atoms with Crippen LogP contribution in [0.15, 0.2) is 0 Å². The molecule has 7 rings (SSSR count). The van der Waals surface area contributed by atoms with Gasteiger partial charge in [0.2, 0.25) is 11.9 Å². The highest BCUT2D eigenvalue weighted by Crippen LogP contribution is 2.52. The van der Waals surface area contributed by atoms with Crippen molar-refractivity contribution in [3.8, 4) is 18.1 Å². The molecule has 6 heterocycles. The molecular formula is C28H34FN9OS. The fourth-order valence-electron chi connectivity index (χ4n) is 7.72. The molecular weight excluding hydrogens is 529 g/mol. The number of nitriles is 2. The highest BCUT2D eigenvalue weighted by atomic mass is 32.1. The maximum atomic E-state index is 14.4. The molecule has 4 fully saturated rings. The number of halogens is 1. The van der Waals surface area contributed by atoms with Crippen molar-refractivity contribution in [1.29, 1.82) is 10.5 Å². The van der Waals surface area contributed by atoms with Crippen molar-refractivity contribution in [3.05, 3.63) is 16.0 Å². The lowest BCUT2D eigenvalue weighted by Crippen LogP contribution is -2.59. The van der Waals surface area contributed by atoms with Crippen LogP contribution in [-0.2, 0) is 11.8 Å². The van der Waals surface area contributed by atoms with Gasteiger partial charge >= 0.3 is 6.01 Å². The van der Waals surface area contributed by atoms with Crippen molar-refractivity contribution in [2.45, 2.75) is 68.5 Å². The van der Waals surface area contributed by atoms with Crippen LogP contribution in [0.2, 0.25) is 0 Å². The molecule has 12 heteroatoms. The minimum Gasteiger partial charge on any atom is -0.461 e. The number of hydrogen-bond donors (Lipinski definition) is 1. The van der Waals surface area contributed by atoms with E-state index in [1.807, 2.05) is 0 Å². The summed E-state index contributed by atoms with van der Waals surface area (Å²) in [4.78, 5) is 22.0. The van der Waals surface area contributed by atoms with Crippen molar-refractivity contribution in [2.75, 3.05) is 61.4 Å². The summed E-state index contributed by atoms with van der Waals surface area (Å²) in [5, 5.41) is 20.0. The van der Waals surface area contributed by atoms with E-state index in [9.17, 15) is 14.9 Å². The molecule has 4 saturated heterocycles. The van der Waals surface area contributed by atoms with E-state index in [4.69, 9.17) is 25.4 Å². The second-order valence-corrected chi connectivity index (χ2v) is 13.4. The summed E-state index contributed by atoms with van der Waals surface area (Å²) in [6.07, 6.45) is 6.38. The lowest BCUT2D eigenvalue weighted by Gasteiger charge is -2.48. The maximum absolute atomic E-state index is 14.4. The van der Waals surface area contributed by atoms with E-state index in [0.717, 1.165) is 63.6 Å². The van der Waals surface area contributed by atoms with Crippen molar-refractivity contribution >= 4 is 28.2 Å². The Hall–Kier alpha value is -3.22. The molecule has 1 unspecified atom stereocenters. The van der Waals surface area contributed by atoms with Crippen LogP contribution in [0.4, 0.5) is 21.3 Å². The van der Waals surface area contributed by atoms with Gasteiger partial charge in [0.25, 0.3) is 0 Å². The zero-order valence-corrected chi connectivity index (χ0v) is 23.4. The van der Waals surface area contributed by atoms with Gasteiger partial charge in [-0.3, -0.25) is 4.90 Å². The van der Waals surface area contributed by atoms with Crippen molar-refractivity contribution in [1.82, 2.24) is 19.9 Å². The van der Waals surface area contributed by atoms with Crippen molar-refractivity contribution < 1.29 is 9.13 Å². The molecule has 0 radical (unpaired) electrons. The van der Waals surface area contributed by atoms with Crippen molar-refractivity contribution in [3.63, 3.8) is 0 Å². The average molecular weight is 564 g/mol. The van der Waals surface area contributed by atoms with Crippen LogP contribution in [0.1, 0.15) is 60.9 Å². The quantitative estimate of drug-likeness (QED) is 0.579. The normalized spacial score (nSPS) is 29.0. The van der Waals surface area contributed by atoms with Gasteiger partial charge in [-0.05, 0) is 50.6 Å². The molecule has 40 heavy (non-hydrogen) atoms. The van der Waals surface area contributed by atoms with Crippen LogP contribution in [0.3, 0.4) is 0 Å². The number of alkyl halides is 1. The van der Waals surface area contributed by atoms with Crippen LogP contribution in [0.5, 0.6) is 6.01 Å². The summed E-state index contributed by atoms with van der Waals surface area (Å²) in [6, 6.07) is 5.03. The Morgan fingerprint density at radius 3 is 2.67 bits per heavy atom. The Morgan fingerprint density at radius 2 is 1.88 bits per heavy atom. The van der Waals surface area contributed by atoms with Gasteiger partial charge in [-0.2, -0.15) is 25.5 Å². The molecule has 5 aliphatic rings. The molecule has 0 amide bonds. The number of nitrogen functional groups attached to an aromatic ring is 1. The van der Waals surface area contributed by atoms with E-state index in [2.05, 4.69) is 26.8 Å². The smallest absolute Gasteiger partial charge is 0.323 e. The van der Waals surface area contributed by atoms with Crippen LogP contribution in [-0.4, -0.2) is 77.4 Å². The zero-order valence-electron chi connectivity index (χ0n) is 22.6. The first-order chi connectivity index (χ1) is 19.4. The number of nitrogens with zero attached hydrogens (tertiary/aromatic N) is 8. The average Bonchev–Trinajstić information content (AvgIpc) is 3.59. The Bertz CT molecular complexity index is 1400. The molecule has 2 N–H and O–H groups in total. The molecule has 1 aliphatic carbocycles. The van der Waals surface area contributed by atoms with Crippen LogP contribution >= 0.6 is 11.3 Å². The Kier molecular flexibility index (Phi) is 6.24. The molecule has 3 atom stereocenters. The first kappa shape index (κ1) is 25.7. The first-order valence-corrected chi connectivity index (χ1v) is 15.2. The summed E-state index contributed by atoms with van der Waals surface area (Å²) < 4.78 is 20.6. The lowest BCUT2D eigenvalue weighted by molar-refractivity contribution is 0.107. The molecule has 2 aromatic rings. The lowest BCUT2D eigenvalue weighted by atomic mass is 9.74. The van der Waals surface area contributed by atoms with Gasteiger partial charge in [0.05, 0.1) is 23.1 Å². The van der Waals surface area contributed by atoms with Gasteiger partial charge in [-0.25, -0.2) is 4.39 Å². The minimum absolute atomic E-state index is 0.0735. The second kappa shape index (κ2) is 9.71. The molecule has 2 aromatic heterocycles. The van der Waals surface area contributed by atoms with Gasteiger partial charge in [0, 0.05) is 49.4 Å². The second-order valence-electron chi connectivity index (χ2n) is 12.2. The third-order valence-electron chi connectivity index (χ3n) is 9.71. The van der Waals surface area contributed by atoms with Crippen LogP contribution in [0.25, 0.3) is 0 Å². The molecule has 4 aliphatic heterocycles. The third-order valence-corrected chi connectivity index (χ3v) is 10.8. The number of rotatable bonds is 5. The topological polar surface area (TPSA) is 131 Å². The fraction of sp³-hybridized carbons (Fsp3) is 0.679. The standard InChI is InChI=1S/C28H34FN9OS/c29-19-10-28(6-3-9-38(28)14-19)17-39-26-34-24(36-8-2-1-4-18(11-30)13-36)33-25(35-26)37-15-27(16-37)7-5-21-22(27)20(12-31)23(32)40-21/h18-19H,1-10,13-17,32H2/t18?,19-,28+/m1/s1. The first-order valence-electron chi connectivity index (χ1n) is 14.4. The molecule has 0 bridgehead atoms. The Morgan fingerprint density at radius 1 is 1.05 bits per heavy atom. The number of nitrogens with two attached hydrogens (primary N) is 1. The summed E-state index contributed by atoms with van der Waals surface area (Å²) >= 11 is 1.54. The molecule has 0 aromatic carbocycles. The number of thiophene rings is 1. The molecule has 0 saturated carbocycles. The molecule has 210 valence electrons. The third kappa shape index (κ3) is 4.15. The fourth-order valence-corrected chi connectivity index (χ4v) is 8.86.